The van der Waals surface area contributed by atoms with E-state index in [2.05, 4.69) is 22.5 Å². The lowest BCUT2D eigenvalue weighted by atomic mass is 9.84. The minimum atomic E-state index is 0.461. The summed E-state index contributed by atoms with van der Waals surface area (Å²) in [6.07, 6.45) is 6.75. The number of nitrogens with zero attached hydrogens (tertiary/aromatic N) is 1. The maximum atomic E-state index is 6.05. The van der Waals surface area contributed by atoms with Crippen molar-refractivity contribution in [2.24, 2.45) is 5.92 Å². The van der Waals surface area contributed by atoms with Gasteiger partial charge in [0, 0.05) is 11.1 Å². The fourth-order valence-corrected chi connectivity index (χ4v) is 3.88. The summed E-state index contributed by atoms with van der Waals surface area (Å²) in [5.41, 5.74) is 2.22. The van der Waals surface area contributed by atoms with E-state index in [4.69, 9.17) is 23.8 Å². The van der Waals surface area contributed by atoms with Crippen LogP contribution in [0.5, 0.6) is 0 Å². The number of imidazole rings is 1. The van der Waals surface area contributed by atoms with E-state index in [0.717, 1.165) is 21.2 Å². The highest BCUT2D eigenvalue weighted by atomic mass is 35.5. The average Bonchev–Trinajstić information content (AvgIpc) is 2.74. The molecule has 1 aliphatic carbocycles. The van der Waals surface area contributed by atoms with Crippen LogP contribution in [-0.2, 0) is 0 Å². The molecule has 4 heteroatoms. The Morgan fingerprint density at radius 1 is 1.32 bits per heavy atom. The van der Waals surface area contributed by atoms with E-state index in [-0.39, 0.29) is 0 Å². The van der Waals surface area contributed by atoms with Crippen molar-refractivity contribution in [1.82, 2.24) is 9.55 Å². The highest BCUT2D eigenvalue weighted by Crippen LogP contribution is 2.34. The van der Waals surface area contributed by atoms with E-state index < -0.39 is 0 Å². The molecular formula is C15H19ClN2S. The molecule has 102 valence electrons. The van der Waals surface area contributed by atoms with Gasteiger partial charge in [0.05, 0.1) is 11.0 Å². The predicted molar refractivity (Wildman–Crippen MR) is 83.4 cm³/mol. The van der Waals surface area contributed by atoms with Gasteiger partial charge in [-0.25, -0.2) is 0 Å². The van der Waals surface area contributed by atoms with E-state index in [9.17, 15) is 0 Å². The molecule has 0 amide bonds. The van der Waals surface area contributed by atoms with Crippen molar-refractivity contribution in [3.8, 4) is 0 Å². The first-order valence-corrected chi connectivity index (χ1v) is 7.85. The maximum Gasteiger partial charge on any atom is 0.178 e. The molecule has 2 aromatic rings. The maximum absolute atomic E-state index is 6.05. The van der Waals surface area contributed by atoms with E-state index in [1.807, 2.05) is 12.1 Å². The Hall–Kier alpha value is -0.800. The second-order valence-corrected chi connectivity index (χ2v) is 6.42. The predicted octanol–water partition coefficient (Wildman–Crippen LogP) is 5.49. The van der Waals surface area contributed by atoms with Crippen LogP contribution in [0, 0.1) is 10.7 Å². The number of benzene rings is 1. The molecule has 1 heterocycles. The number of nitrogens with one attached hydrogen (secondary N) is 1. The van der Waals surface area contributed by atoms with Crippen molar-refractivity contribution in [3.05, 3.63) is 28.0 Å². The van der Waals surface area contributed by atoms with Crippen LogP contribution in [0.1, 0.15) is 45.1 Å². The van der Waals surface area contributed by atoms with Gasteiger partial charge in [-0.1, -0.05) is 30.9 Å². The Morgan fingerprint density at radius 2 is 2.05 bits per heavy atom. The molecule has 19 heavy (non-hydrogen) atoms. The van der Waals surface area contributed by atoms with Crippen molar-refractivity contribution in [3.63, 3.8) is 0 Å². The zero-order valence-corrected chi connectivity index (χ0v) is 12.7. The molecule has 0 radical (unpaired) electrons. The monoisotopic (exact) mass is 294 g/mol. The third-order valence-electron chi connectivity index (χ3n) is 4.42. The molecule has 1 atom stereocenters. The van der Waals surface area contributed by atoms with Gasteiger partial charge >= 0.3 is 0 Å². The van der Waals surface area contributed by atoms with Crippen LogP contribution in [0.3, 0.4) is 0 Å². The lowest BCUT2D eigenvalue weighted by Gasteiger charge is -2.29. The topological polar surface area (TPSA) is 20.7 Å². The number of fused-ring (bicyclic) bond motifs is 1. The van der Waals surface area contributed by atoms with Crippen LogP contribution < -0.4 is 0 Å². The first-order valence-electron chi connectivity index (χ1n) is 7.06. The fourth-order valence-electron chi connectivity index (χ4n) is 3.34. The zero-order chi connectivity index (χ0) is 13.4. The lowest BCUT2D eigenvalue weighted by molar-refractivity contribution is 0.266. The van der Waals surface area contributed by atoms with Crippen LogP contribution in [0.4, 0.5) is 0 Å². The highest BCUT2D eigenvalue weighted by molar-refractivity contribution is 7.71. The molecule has 1 aromatic heterocycles. The van der Waals surface area contributed by atoms with Crippen LogP contribution >= 0.6 is 23.8 Å². The Labute approximate surface area is 123 Å². The Bertz CT molecular complexity index is 637. The molecule has 3 rings (SSSR count). The summed E-state index contributed by atoms with van der Waals surface area (Å²) in [5, 5.41) is 0.751. The summed E-state index contributed by atoms with van der Waals surface area (Å²) in [6, 6.07) is 6.43. The number of rotatable bonds is 2. The van der Waals surface area contributed by atoms with Crippen LogP contribution in [0.15, 0.2) is 18.2 Å². The van der Waals surface area contributed by atoms with Crippen molar-refractivity contribution in [1.29, 1.82) is 0 Å². The van der Waals surface area contributed by atoms with Gasteiger partial charge in [0.1, 0.15) is 0 Å². The summed E-state index contributed by atoms with van der Waals surface area (Å²) < 4.78 is 3.09. The normalized spacial score (nSPS) is 18.8. The van der Waals surface area contributed by atoms with Gasteiger partial charge in [-0.2, -0.15) is 0 Å². The first-order chi connectivity index (χ1) is 9.16. The van der Waals surface area contributed by atoms with E-state index in [1.165, 1.54) is 37.6 Å². The number of halogens is 1. The average molecular weight is 295 g/mol. The minimum absolute atomic E-state index is 0.461. The molecule has 0 saturated heterocycles. The molecule has 0 bridgehead atoms. The first kappa shape index (κ1) is 13.2. The summed E-state index contributed by atoms with van der Waals surface area (Å²) in [5.74, 6) is 0.745. The molecule has 1 N–H and O–H groups in total. The largest absolute Gasteiger partial charge is 0.331 e. The summed E-state index contributed by atoms with van der Waals surface area (Å²) >= 11 is 11.6. The van der Waals surface area contributed by atoms with Crippen molar-refractivity contribution >= 4 is 34.9 Å². The zero-order valence-electron chi connectivity index (χ0n) is 11.2. The molecule has 1 fully saturated rings. The van der Waals surface area contributed by atoms with Gasteiger partial charge < -0.3 is 9.55 Å². The SMILES string of the molecule is CC(C1CCCCC1)n1c(=S)[nH]c2cc(Cl)ccc21. The van der Waals surface area contributed by atoms with Gasteiger partial charge in [-0.05, 0) is 56.1 Å². The van der Waals surface area contributed by atoms with E-state index in [1.54, 1.807) is 0 Å². The second kappa shape index (κ2) is 5.29. The van der Waals surface area contributed by atoms with Crippen molar-refractivity contribution < 1.29 is 0 Å². The number of H-pyrrole nitrogens is 1. The number of hydrogen-bond acceptors (Lipinski definition) is 1. The van der Waals surface area contributed by atoms with Crippen LogP contribution in [0.25, 0.3) is 11.0 Å². The second-order valence-electron chi connectivity index (χ2n) is 5.60. The molecule has 1 aromatic carbocycles. The molecule has 1 aliphatic rings. The van der Waals surface area contributed by atoms with Crippen molar-refractivity contribution in [2.45, 2.75) is 45.1 Å². The van der Waals surface area contributed by atoms with E-state index >= 15 is 0 Å². The van der Waals surface area contributed by atoms with Gasteiger partial charge in [-0.15, -0.1) is 0 Å². The van der Waals surface area contributed by atoms with Crippen LogP contribution in [0.2, 0.25) is 5.02 Å². The fraction of sp³-hybridized carbons (Fsp3) is 0.533. The number of aromatic nitrogens is 2. The quantitative estimate of drug-likeness (QED) is 0.726. The number of hydrogen-bond donors (Lipinski definition) is 1. The van der Waals surface area contributed by atoms with Crippen molar-refractivity contribution in [2.75, 3.05) is 0 Å². The Morgan fingerprint density at radius 3 is 2.79 bits per heavy atom. The van der Waals surface area contributed by atoms with Gasteiger partial charge in [0.2, 0.25) is 0 Å². The Balaban J connectivity index is 2.03. The summed E-state index contributed by atoms with van der Waals surface area (Å²) in [4.78, 5) is 3.28. The van der Waals surface area contributed by atoms with Gasteiger partial charge in [0.25, 0.3) is 0 Å². The summed E-state index contributed by atoms with van der Waals surface area (Å²) in [7, 11) is 0. The van der Waals surface area contributed by atoms with Gasteiger partial charge in [-0.3, -0.25) is 0 Å². The minimum Gasteiger partial charge on any atom is -0.331 e. The molecule has 0 aliphatic heterocycles. The third-order valence-corrected chi connectivity index (χ3v) is 4.95. The molecular weight excluding hydrogens is 276 g/mol. The van der Waals surface area contributed by atoms with Gasteiger partial charge in [0.15, 0.2) is 4.77 Å². The molecule has 2 nitrogen and oxygen atoms in total. The molecule has 1 saturated carbocycles. The Kier molecular flexibility index (Phi) is 3.68. The van der Waals surface area contributed by atoms with E-state index in [0.29, 0.717) is 6.04 Å². The molecule has 0 spiro atoms. The number of aromatic amines is 1. The lowest BCUT2D eigenvalue weighted by Crippen LogP contribution is -2.19. The standard InChI is InChI=1S/C15H19ClN2S/c1-10(11-5-3-2-4-6-11)18-14-8-7-12(16)9-13(14)17-15(18)19/h7-11H,2-6H2,1H3,(H,17,19). The van der Waals surface area contributed by atoms with Crippen LogP contribution in [-0.4, -0.2) is 9.55 Å². The smallest absolute Gasteiger partial charge is 0.178 e. The highest BCUT2D eigenvalue weighted by Gasteiger charge is 2.23. The summed E-state index contributed by atoms with van der Waals surface area (Å²) in [6.45, 7) is 2.30. The third kappa shape index (κ3) is 2.46. The molecule has 1 unspecified atom stereocenters.